The molecule has 4 N–H and O–H groups in total. The van der Waals surface area contributed by atoms with Gasteiger partial charge in [0, 0.05) is 6.42 Å². The van der Waals surface area contributed by atoms with Crippen molar-refractivity contribution in [3.63, 3.8) is 0 Å². The molecule has 2 aromatic carbocycles. The maximum Gasteiger partial charge on any atom is 0.243 e. The Morgan fingerprint density at radius 3 is 1.68 bits per heavy atom. The molecule has 1 aliphatic heterocycles. The Morgan fingerprint density at radius 1 is 0.705 bits per heavy atom. The summed E-state index contributed by atoms with van der Waals surface area (Å²) in [5.41, 5.74) is 1.10. The van der Waals surface area contributed by atoms with Gasteiger partial charge in [-0.1, -0.05) is 88.4 Å². The Bertz CT molecular complexity index is 1230. The van der Waals surface area contributed by atoms with E-state index in [1.807, 2.05) is 88.4 Å². The zero-order valence-corrected chi connectivity index (χ0v) is 27.0. The molecule has 5 atom stereocenters. The minimum absolute atomic E-state index is 0.108. The maximum absolute atomic E-state index is 13.8. The molecule has 0 saturated carbocycles. The summed E-state index contributed by atoms with van der Waals surface area (Å²) in [5, 5.41) is 11.9. The van der Waals surface area contributed by atoms with Crippen LogP contribution in [0, 0.1) is 11.8 Å². The Hall–Kier alpha value is -3.56. The van der Waals surface area contributed by atoms with Crippen LogP contribution in [-0.2, 0) is 36.8 Å². The summed E-state index contributed by atoms with van der Waals surface area (Å²) in [4.78, 5) is 54.1. The summed E-state index contributed by atoms with van der Waals surface area (Å²) in [6, 6.07) is 16.3. The van der Waals surface area contributed by atoms with Crippen LogP contribution in [-0.4, -0.2) is 66.9 Å². The number of likely N-dealkylation sites (N-methyl/N-ethyl adjacent to an activating group) is 1. The van der Waals surface area contributed by atoms with Crippen LogP contribution in [0.15, 0.2) is 60.7 Å². The minimum Gasteiger partial charge on any atom is -0.361 e. The van der Waals surface area contributed by atoms with Crippen LogP contribution < -0.4 is 21.3 Å². The number of amides is 3. The molecule has 1 aliphatic rings. The summed E-state index contributed by atoms with van der Waals surface area (Å²) < 4.78 is 5.38. The fourth-order valence-electron chi connectivity index (χ4n) is 5.26. The predicted octanol–water partition coefficient (Wildman–Crippen LogP) is 3.35. The molecule has 0 spiro atoms. The van der Waals surface area contributed by atoms with E-state index in [2.05, 4.69) is 21.3 Å². The zero-order valence-electron chi connectivity index (χ0n) is 27.0. The zero-order chi connectivity index (χ0) is 32.3. The van der Waals surface area contributed by atoms with Crippen LogP contribution in [0.5, 0.6) is 0 Å². The number of ether oxygens (including phenoxy) is 1. The number of carbonyl (C=O) groups is 4. The lowest BCUT2D eigenvalue weighted by atomic mass is 9.93. The lowest BCUT2D eigenvalue weighted by Crippen LogP contribution is -2.58. The van der Waals surface area contributed by atoms with Crippen molar-refractivity contribution in [1.82, 2.24) is 21.3 Å². The Morgan fingerprint density at radius 2 is 1.16 bits per heavy atom. The van der Waals surface area contributed by atoms with Gasteiger partial charge in [0.15, 0.2) is 5.78 Å². The molecule has 2 aromatic rings. The first-order valence-electron chi connectivity index (χ1n) is 15.8. The van der Waals surface area contributed by atoms with E-state index in [-0.39, 0.29) is 29.9 Å². The molecule has 1 saturated heterocycles. The van der Waals surface area contributed by atoms with Gasteiger partial charge in [0.25, 0.3) is 0 Å². The summed E-state index contributed by atoms with van der Waals surface area (Å²) in [7, 11) is 1.73. The molecular weight excluding hydrogens is 556 g/mol. The van der Waals surface area contributed by atoms with E-state index in [0.717, 1.165) is 11.1 Å². The number of carbonyl (C=O) groups excluding carboxylic acids is 4. The SMILES string of the molecule is CN[C@@H](CCc1ccccc1)C(=O)NC(CC(C)C)C(=O)N[C@@H](Cc1ccccc1)C(=O)NC(CC(C)C)C(=O)[C@@]1(C)CO1. The van der Waals surface area contributed by atoms with E-state index in [9.17, 15) is 19.2 Å². The van der Waals surface area contributed by atoms with Crippen molar-refractivity contribution >= 4 is 23.5 Å². The largest absolute Gasteiger partial charge is 0.361 e. The highest BCUT2D eigenvalue weighted by atomic mass is 16.6. The topological polar surface area (TPSA) is 129 Å². The van der Waals surface area contributed by atoms with Crippen molar-refractivity contribution in [1.29, 1.82) is 0 Å². The molecule has 1 fully saturated rings. The number of benzene rings is 2. The first-order valence-corrected chi connectivity index (χ1v) is 15.8. The second-order valence-electron chi connectivity index (χ2n) is 12.9. The van der Waals surface area contributed by atoms with Gasteiger partial charge in [-0.15, -0.1) is 0 Å². The maximum atomic E-state index is 13.8. The lowest BCUT2D eigenvalue weighted by Gasteiger charge is -2.28. The number of epoxide rings is 1. The number of rotatable bonds is 18. The molecule has 2 unspecified atom stereocenters. The molecule has 1 heterocycles. The highest BCUT2D eigenvalue weighted by Gasteiger charge is 2.50. The van der Waals surface area contributed by atoms with Gasteiger partial charge in [-0.3, -0.25) is 19.2 Å². The number of nitrogens with one attached hydrogen (secondary N) is 4. The average Bonchev–Trinajstić information content (AvgIpc) is 3.74. The van der Waals surface area contributed by atoms with E-state index < -0.39 is 41.6 Å². The van der Waals surface area contributed by atoms with E-state index in [0.29, 0.717) is 32.3 Å². The van der Waals surface area contributed by atoms with Gasteiger partial charge in [0.05, 0.1) is 18.7 Å². The molecule has 0 radical (unpaired) electrons. The molecule has 3 rings (SSSR count). The first kappa shape index (κ1) is 34.9. The third-order valence-corrected chi connectivity index (χ3v) is 7.92. The van der Waals surface area contributed by atoms with Crippen LogP contribution >= 0.6 is 0 Å². The predicted molar refractivity (Wildman–Crippen MR) is 172 cm³/mol. The fraction of sp³-hybridized carbons (Fsp3) is 0.543. The van der Waals surface area contributed by atoms with Gasteiger partial charge in [-0.2, -0.15) is 0 Å². The van der Waals surface area contributed by atoms with Crippen molar-refractivity contribution in [2.75, 3.05) is 13.7 Å². The number of Topliss-reactive ketones (excluding diaryl/α,β-unsaturated/α-hetero) is 1. The molecule has 240 valence electrons. The van der Waals surface area contributed by atoms with Crippen molar-refractivity contribution in [3.8, 4) is 0 Å². The third-order valence-electron chi connectivity index (χ3n) is 7.92. The van der Waals surface area contributed by atoms with Gasteiger partial charge in [-0.25, -0.2) is 0 Å². The van der Waals surface area contributed by atoms with E-state index in [1.165, 1.54) is 0 Å². The summed E-state index contributed by atoms with van der Waals surface area (Å²) in [6.45, 7) is 10.0. The Labute approximate surface area is 262 Å². The van der Waals surface area contributed by atoms with Crippen LogP contribution in [0.3, 0.4) is 0 Å². The van der Waals surface area contributed by atoms with Gasteiger partial charge >= 0.3 is 0 Å². The summed E-state index contributed by atoms with van der Waals surface area (Å²) >= 11 is 0. The van der Waals surface area contributed by atoms with Crippen molar-refractivity contribution < 1.29 is 23.9 Å². The molecular formula is C35H50N4O5. The molecule has 0 bridgehead atoms. The van der Waals surface area contributed by atoms with E-state index in [1.54, 1.807) is 14.0 Å². The summed E-state index contributed by atoms with van der Waals surface area (Å²) in [5.74, 6) is -1.06. The number of hydrogen-bond acceptors (Lipinski definition) is 6. The number of hydrogen-bond donors (Lipinski definition) is 4. The third kappa shape index (κ3) is 10.9. The van der Waals surface area contributed by atoms with Gasteiger partial charge in [0.1, 0.15) is 17.7 Å². The lowest BCUT2D eigenvalue weighted by molar-refractivity contribution is -0.134. The molecule has 0 aromatic heterocycles. The smallest absolute Gasteiger partial charge is 0.243 e. The highest BCUT2D eigenvalue weighted by molar-refractivity contribution is 5.98. The van der Waals surface area contributed by atoms with Crippen molar-refractivity contribution in [2.24, 2.45) is 11.8 Å². The molecule has 0 aliphatic carbocycles. The Kier molecular flexibility index (Phi) is 13.1. The summed E-state index contributed by atoms with van der Waals surface area (Å²) in [6.07, 6.45) is 2.36. The van der Waals surface area contributed by atoms with Gasteiger partial charge in [-0.05, 0) is 62.6 Å². The van der Waals surface area contributed by atoms with Crippen molar-refractivity contribution in [3.05, 3.63) is 71.8 Å². The average molecular weight is 607 g/mol. The second-order valence-corrected chi connectivity index (χ2v) is 12.9. The quantitative estimate of drug-likeness (QED) is 0.193. The first-order chi connectivity index (χ1) is 20.9. The van der Waals surface area contributed by atoms with Gasteiger partial charge in [0.2, 0.25) is 17.7 Å². The normalized spacial score (nSPS) is 18.6. The van der Waals surface area contributed by atoms with Crippen LogP contribution in [0.4, 0.5) is 0 Å². The van der Waals surface area contributed by atoms with E-state index in [4.69, 9.17) is 4.74 Å². The number of aryl methyl sites for hydroxylation is 1. The standard InChI is InChI=1S/C35H50N4O5/c1-23(2)19-28(31(40)35(5)22-44-35)37-34(43)30(21-26-15-11-8-12-16-26)39-33(42)29(20-24(3)4)38-32(41)27(36-6)18-17-25-13-9-7-10-14-25/h7-16,23-24,27-30,36H,17-22H2,1-6H3,(H,37,43)(H,38,41)(H,39,42)/t27-,28?,29?,30-,35+/m0/s1. The molecule has 9 heteroatoms. The molecule has 3 amide bonds. The number of ketones is 1. The second kappa shape index (κ2) is 16.5. The molecule has 44 heavy (non-hydrogen) atoms. The van der Waals surface area contributed by atoms with Crippen LogP contribution in [0.1, 0.15) is 65.0 Å². The molecule has 9 nitrogen and oxygen atoms in total. The van der Waals surface area contributed by atoms with Crippen LogP contribution in [0.2, 0.25) is 0 Å². The van der Waals surface area contributed by atoms with Crippen molar-refractivity contribution in [2.45, 2.75) is 96.5 Å². The Balaban J connectivity index is 1.76. The highest BCUT2D eigenvalue weighted by Crippen LogP contribution is 2.29. The van der Waals surface area contributed by atoms with E-state index >= 15 is 0 Å². The fourth-order valence-corrected chi connectivity index (χ4v) is 5.26. The minimum atomic E-state index is -0.954. The van der Waals surface area contributed by atoms with Gasteiger partial charge < -0.3 is 26.0 Å². The van der Waals surface area contributed by atoms with Crippen LogP contribution in [0.25, 0.3) is 0 Å². The monoisotopic (exact) mass is 606 g/mol.